The molecule has 0 bridgehead atoms. The highest BCUT2D eigenvalue weighted by Gasteiger charge is 2.14. The Morgan fingerprint density at radius 3 is 1.43 bits per heavy atom. The fraction of sp³-hybridized carbons (Fsp3) is 0. The minimum atomic E-state index is -0.332. The Bertz CT molecular complexity index is 785. The monoisotopic (exact) mass is 306 g/mol. The van der Waals surface area contributed by atoms with Crippen LogP contribution in [-0.2, 0) is 0 Å². The van der Waals surface area contributed by atoms with Gasteiger partial charge in [-0.15, -0.1) is 0 Å². The van der Waals surface area contributed by atoms with Gasteiger partial charge in [0.25, 0.3) is 11.8 Å². The molecule has 0 saturated heterocycles. The number of carbonyl (C=O) groups is 2. The first-order chi connectivity index (χ1) is 11.3. The van der Waals surface area contributed by atoms with E-state index in [0.29, 0.717) is 11.1 Å². The molecule has 114 valence electrons. The lowest BCUT2D eigenvalue weighted by Crippen LogP contribution is -2.27. The van der Waals surface area contributed by atoms with Gasteiger partial charge in [-0.2, -0.15) is 0 Å². The quantitative estimate of drug-likeness (QED) is 0.729. The summed E-state index contributed by atoms with van der Waals surface area (Å²) >= 11 is 0. The normalized spacial score (nSPS) is 10.1. The molecule has 0 radical (unpaired) electrons. The van der Waals surface area contributed by atoms with Gasteiger partial charge < -0.3 is 4.42 Å². The second-order valence-electron chi connectivity index (χ2n) is 4.74. The Kier molecular flexibility index (Phi) is 4.20. The lowest BCUT2D eigenvalue weighted by atomic mass is 10.2. The molecule has 0 aliphatic carbocycles. The summed E-state index contributed by atoms with van der Waals surface area (Å²) in [6, 6.07) is 17.5. The van der Waals surface area contributed by atoms with E-state index >= 15 is 0 Å². The highest BCUT2D eigenvalue weighted by atomic mass is 16.3. The molecule has 0 aliphatic rings. The number of benzene rings is 2. The van der Waals surface area contributed by atoms with E-state index in [1.807, 2.05) is 12.1 Å². The third kappa shape index (κ3) is 3.13. The van der Waals surface area contributed by atoms with Crippen LogP contribution >= 0.6 is 0 Å². The van der Waals surface area contributed by atoms with Gasteiger partial charge in [0.05, 0.1) is 12.4 Å². The van der Waals surface area contributed by atoms with E-state index in [1.165, 1.54) is 34.3 Å². The van der Waals surface area contributed by atoms with E-state index in [9.17, 15) is 9.59 Å². The summed E-state index contributed by atoms with van der Waals surface area (Å²) in [6.07, 6.45) is 5.51. The summed E-state index contributed by atoms with van der Waals surface area (Å²) in [5, 5.41) is 0. The standard InChI is InChI=1S/C18H14N2O3/c21-17(15-7-3-1-4-8-15)19-11-13-23-14-12-20(19)18(22)16-9-5-2-6-10-16/h1-14H. The second-order valence-corrected chi connectivity index (χ2v) is 4.74. The predicted molar refractivity (Wildman–Crippen MR) is 84.7 cm³/mol. The molecule has 0 amide bonds. The molecule has 0 atom stereocenters. The number of rotatable bonds is 2. The number of hydrogen-bond acceptors (Lipinski definition) is 3. The molecule has 0 saturated carbocycles. The van der Waals surface area contributed by atoms with Crippen LogP contribution in [0.2, 0.25) is 0 Å². The lowest BCUT2D eigenvalue weighted by Gasteiger charge is -2.12. The van der Waals surface area contributed by atoms with E-state index in [1.54, 1.807) is 48.5 Å². The van der Waals surface area contributed by atoms with Crippen molar-refractivity contribution in [2.24, 2.45) is 0 Å². The van der Waals surface area contributed by atoms with Crippen molar-refractivity contribution in [3.63, 3.8) is 0 Å². The summed E-state index contributed by atoms with van der Waals surface area (Å²) in [6.45, 7) is 0. The molecule has 0 unspecified atom stereocenters. The van der Waals surface area contributed by atoms with Crippen molar-refractivity contribution in [3.8, 4) is 0 Å². The summed E-state index contributed by atoms with van der Waals surface area (Å²) < 4.78 is 7.51. The van der Waals surface area contributed by atoms with Crippen LogP contribution in [0.3, 0.4) is 0 Å². The third-order valence-electron chi connectivity index (χ3n) is 3.25. The molecule has 0 N–H and O–H groups in total. The van der Waals surface area contributed by atoms with E-state index in [2.05, 4.69) is 0 Å². The van der Waals surface area contributed by atoms with Crippen LogP contribution in [0, 0.1) is 0 Å². The Hall–Kier alpha value is -3.34. The summed E-state index contributed by atoms with van der Waals surface area (Å²) in [4.78, 5) is 25.4. The molecule has 3 aromatic rings. The molecule has 0 aliphatic heterocycles. The summed E-state index contributed by atoms with van der Waals surface area (Å²) in [5.41, 5.74) is 0.941. The van der Waals surface area contributed by atoms with Crippen LogP contribution in [0.15, 0.2) is 90.0 Å². The maximum Gasteiger partial charge on any atom is 0.277 e. The van der Waals surface area contributed by atoms with Gasteiger partial charge in [-0.3, -0.25) is 9.59 Å². The van der Waals surface area contributed by atoms with E-state index in [0.717, 1.165) is 0 Å². The first-order valence-corrected chi connectivity index (χ1v) is 7.03. The van der Waals surface area contributed by atoms with E-state index < -0.39 is 0 Å². The largest absolute Gasteiger partial charge is 0.469 e. The lowest BCUT2D eigenvalue weighted by molar-refractivity contribution is 0.0845. The van der Waals surface area contributed by atoms with Gasteiger partial charge in [0, 0.05) is 11.1 Å². The molecule has 5 nitrogen and oxygen atoms in total. The molecular weight excluding hydrogens is 292 g/mol. The maximum atomic E-state index is 12.7. The van der Waals surface area contributed by atoms with Crippen LogP contribution in [0.4, 0.5) is 0 Å². The zero-order valence-electron chi connectivity index (χ0n) is 12.2. The highest BCUT2D eigenvalue weighted by molar-refractivity contribution is 6.00. The third-order valence-corrected chi connectivity index (χ3v) is 3.25. The maximum absolute atomic E-state index is 12.7. The number of nitrogens with zero attached hydrogens (tertiary/aromatic N) is 2. The molecule has 0 spiro atoms. The number of carbonyl (C=O) groups excluding carboxylic acids is 2. The number of hydrogen-bond donors (Lipinski definition) is 0. The van der Waals surface area contributed by atoms with Crippen LogP contribution in [0.5, 0.6) is 0 Å². The minimum Gasteiger partial charge on any atom is -0.469 e. The molecule has 23 heavy (non-hydrogen) atoms. The van der Waals surface area contributed by atoms with Crippen LogP contribution < -0.4 is 0 Å². The van der Waals surface area contributed by atoms with Crippen molar-refractivity contribution < 1.29 is 14.0 Å². The Morgan fingerprint density at radius 1 is 0.652 bits per heavy atom. The van der Waals surface area contributed by atoms with Crippen LogP contribution in [0.25, 0.3) is 0 Å². The second kappa shape index (κ2) is 6.62. The average Bonchev–Trinajstić information content (AvgIpc) is 2.88. The first-order valence-electron chi connectivity index (χ1n) is 7.03. The smallest absolute Gasteiger partial charge is 0.277 e. The summed E-state index contributed by atoms with van der Waals surface area (Å²) in [5.74, 6) is -0.664. The zero-order valence-corrected chi connectivity index (χ0v) is 12.2. The van der Waals surface area contributed by atoms with Gasteiger partial charge in [-0.05, 0) is 24.3 Å². The summed E-state index contributed by atoms with van der Waals surface area (Å²) in [7, 11) is 0. The fourth-order valence-corrected chi connectivity index (χ4v) is 2.13. The molecule has 1 aromatic heterocycles. The Balaban J connectivity index is 2.11. The Labute approximate surface area is 132 Å². The van der Waals surface area contributed by atoms with E-state index in [-0.39, 0.29) is 11.8 Å². The van der Waals surface area contributed by atoms with Gasteiger partial charge >= 0.3 is 0 Å². The first kappa shape index (κ1) is 14.6. The molecule has 5 heteroatoms. The van der Waals surface area contributed by atoms with Crippen molar-refractivity contribution in [3.05, 3.63) is 96.7 Å². The molecule has 1 heterocycles. The Morgan fingerprint density at radius 2 is 1.04 bits per heavy atom. The zero-order chi connectivity index (χ0) is 16.1. The van der Waals surface area contributed by atoms with Gasteiger partial charge in [0.1, 0.15) is 12.5 Å². The molecule has 0 fully saturated rings. The fourth-order valence-electron chi connectivity index (χ4n) is 2.13. The van der Waals surface area contributed by atoms with Crippen molar-refractivity contribution in [1.29, 1.82) is 0 Å². The van der Waals surface area contributed by atoms with Gasteiger partial charge in [-0.1, -0.05) is 36.4 Å². The number of aromatic nitrogens is 2. The van der Waals surface area contributed by atoms with Crippen molar-refractivity contribution in [1.82, 2.24) is 9.36 Å². The van der Waals surface area contributed by atoms with Crippen molar-refractivity contribution in [2.75, 3.05) is 0 Å². The predicted octanol–water partition coefficient (Wildman–Crippen LogP) is 3.38. The van der Waals surface area contributed by atoms with Gasteiger partial charge in [0.2, 0.25) is 0 Å². The van der Waals surface area contributed by atoms with E-state index in [4.69, 9.17) is 4.42 Å². The average molecular weight is 306 g/mol. The van der Waals surface area contributed by atoms with Crippen LogP contribution in [-0.4, -0.2) is 21.2 Å². The molecular formula is C18H14N2O3. The van der Waals surface area contributed by atoms with Gasteiger partial charge in [-0.25, -0.2) is 9.36 Å². The van der Waals surface area contributed by atoms with Gasteiger partial charge in [0.15, 0.2) is 0 Å². The SMILES string of the molecule is O=C(c1ccccc1)n1ccoccn1C(=O)c1ccccc1. The minimum absolute atomic E-state index is 0.332. The molecule has 3 rings (SSSR count). The topological polar surface area (TPSA) is 57.1 Å². The highest BCUT2D eigenvalue weighted by Crippen LogP contribution is 2.06. The molecule has 2 aromatic carbocycles. The van der Waals surface area contributed by atoms with Crippen molar-refractivity contribution in [2.45, 2.75) is 0 Å². The van der Waals surface area contributed by atoms with Crippen molar-refractivity contribution >= 4 is 11.8 Å². The van der Waals surface area contributed by atoms with Crippen LogP contribution in [0.1, 0.15) is 20.7 Å².